The SMILES string of the molecule is CCNC(=O)CN(CC)C(=O)Cc1csc(NC(=O)c2ccccc2)n1. The second-order valence-electron chi connectivity index (χ2n) is 5.50. The van der Waals surface area contributed by atoms with Gasteiger partial charge in [-0.3, -0.25) is 19.7 Å². The fourth-order valence-corrected chi connectivity index (χ4v) is 2.98. The van der Waals surface area contributed by atoms with Crippen LogP contribution in [-0.2, 0) is 16.0 Å². The van der Waals surface area contributed by atoms with E-state index in [-0.39, 0.29) is 30.7 Å². The number of anilines is 1. The molecule has 8 heteroatoms. The highest BCUT2D eigenvalue weighted by Crippen LogP contribution is 2.17. The van der Waals surface area contributed by atoms with Gasteiger partial charge in [0.2, 0.25) is 11.8 Å². The molecule has 0 bridgehead atoms. The Morgan fingerprint density at radius 2 is 1.88 bits per heavy atom. The topological polar surface area (TPSA) is 91.4 Å². The molecule has 0 radical (unpaired) electrons. The lowest BCUT2D eigenvalue weighted by atomic mass is 10.2. The summed E-state index contributed by atoms with van der Waals surface area (Å²) in [6.45, 7) is 4.66. The predicted octanol–water partition coefficient (Wildman–Crippen LogP) is 1.92. The maximum absolute atomic E-state index is 12.4. The van der Waals surface area contributed by atoms with Gasteiger partial charge in [0.1, 0.15) is 0 Å². The van der Waals surface area contributed by atoms with Crippen molar-refractivity contribution in [3.8, 4) is 0 Å². The Kier molecular flexibility index (Phi) is 7.28. The summed E-state index contributed by atoms with van der Waals surface area (Å²) in [5, 5.41) is 7.57. The molecule has 138 valence electrons. The Balaban J connectivity index is 1.93. The summed E-state index contributed by atoms with van der Waals surface area (Å²) >= 11 is 1.26. The van der Waals surface area contributed by atoms with E-state index in [4.69, 9.17) is 0 Å². The molecule has 1 aromatic carbocycles. The second kappa shape index (κ2) is 9.67. The first kappa shape index (κ1) is 19.6. The zero-order valence-electron chi connectivity index (χ0n) is 14.8. The molecule has 0 fully saturated rings. The molecule has 7 nitrogen and oxygen atoms in total. The number of hydrogen-bond donors (Lipinski definition) is 2. The highest BCUT2D eigenvalue weighted by molar-refractivity contribution is 7.14. The van der Waals surface area contributed by atoms with Gasteiger partial charge >= 0.3 is 0 Å². The maximum Gasteiger partial charge on any atom is 0.257 e. The van der Waals surface area contributed by atoms with Gasteiger partial charge in [0.25, 0.3) is 5.91 Å². The number of likely N-dealkylation sites (N-methyl/N-ethyl adjacent to an activating group) is 2. The molecular formula is C18H22N4O3S. The third kappa shape index (κ3) is 5.66. The van der Waals surface area contributed by atoms with Gasteiger partial charge in [-0.2, -0.15) is 0 Å². The van der Waals surface area contributed by atoms with E-state index in [2.05, 4.69) is 15.6 Å². The lowest BCUT2D eigenvalue weighted by Crippen LogP contribution is -2.41. The molecule has 2 rings (SSSR count). The Labute approximate surface area is 156 Å². The van der Waals surface area contributed by atoms with Crippen molar-refractivity contribution in [1.29, 1.82) is 0 Å². The Bertz CT molecular complexity index is 761. The number of aromatic nitrogens is 1. The highest BCUT2D eigenvalue weighted by atomic mass is 32.1. The van der Waals surface area contributed by atoms with E-state index in [1.807, 2.05) is 19.9 Å². The predicted molar refractivity (Wildman–Crippen MR) is 101 cm³/mol. The number of hydrogen-bond acceptors (Lipinski definition) is 5. The minimum Gasteiger partial charge on any atom is -0.355 e. The number of nitrogens with one attached hydrogen (secondary N) is 2. The van der Waals surface area contributed by atoms with Crippen LogP contribution in [0.25, 0.3) is 0 Å². The molecule has 0 aliphatic rings. The van der Waals surface area contributed by atoms with Crippen LogP contribution in [-0.4, -0.2) is 47.2 Å². The second-order valence-corrected chi connectivity index (χ2v) is 6.36. The standard InChI is InChI=1S/C18H22N4O3S/c1-3-19-15(23)11-22(4-2)16(24)10-14-12-26-18(20-14)21-17(25)13-8-6-5-7-9-13/h5-9,12H,3-4,10-11H2,1-2H3,(H,19,23)(H,20,21,25). The fraction of sp³-hybridized carbons (Fsp3) is 0.333. The summed E-state index contributed by atoms with van der Waals surface area (Å²) in [4.78, 5) is 41.9. The molecule has 2 N–H and O–H groups in total. The summed E-state index contributed by atoms with van der Waals surface area (Å²) in [7, 11) is 0. The Morgan fingerprint density at radius 1 is 1.15 bits per heavy atom. The van der Waals surface area contributed by atoms with Gasteiger partial charge in [-0.15, -0.1) is 11.3 Å². The Hall–Kier alpha value is -2.74. The van der Waals surface area contributed by atoms with Gasteiger partial charge in [-0.05, 0) is 26.0 Å². The van der Waals surface area contributed by atoms with Gasteiger partial charge in [-0.25, -0.2) is 4.98 Å². The number of thiazole rings is 1. The molecular weight excluding hydrogens is 352 g/mol. The molecule has 0 aliphatic carbocycles. The molecule has 0 aliphatic heterocycles. The van der Waals surface area contributed by atoms with E-state index < -0.39 is 0 Å². The lowest BCUT2D eigenvalue weighted by molar-refractivity contribution is -0.135. The van der Waals surface area contributed by atoms with Crippen molar-refractivity contribution in [3.63, 3.8) is 0 Å². The fourth-order valence-electron chi connectivity index (χ4n) is 2.27. The normalized spacial score (nSPS) is 10.2. The minimum atomic E-state index is -0.246. The van der Waals surface area contributed by atoms with E-state index in [1.165, 1.54) is 16.2 Å². The summed E-state index contributed by atoms with van der Waals surface area (Å²) in [5.74, 6) is -0.606. The van der Waals surface area contributed by atoms with E-state index in [1.54, 1.807) is 29.6 Å². The zero-order valence-corrected chi connectivity index (χ0v) is 15.6. The minimum absolute atomic E-state index is 0.0326. The van der Waals surface area contributed by atoms with Crippen LogP contribution in [0, 0.1) is 0 Å². The van der Waals surface area contributed by atoms with Crippen LogP contribution in [0.1, 0.15) is 29.9 Å². The summed E-state index contributed by atoms with van der Waals surface area (Å²) in [6, 6.07) is 8.84. The molecule has 2 aromatic rings. The summed E-state index contributed by atoms with van der Waals surface area (Å²) in [6.07, 6.45) is 0.0882. The number of carbonyl (C=O) groups excluding carboxylic acids is 3. The van der Waals surface area contributed by atoms with Crippen LogP contribution in [0.3, 0.4) is 0 Å². The summed E-state index contributed by atoms with van der Waals surface area (Å²) in [5.41, 5.74) is 1.11. The van der Waals surface area contributed by atoms with Crippen molar-refractivity contribution < 1.29 is 14.4 Å². The van der Waals surface area contributed by atoms with Crippen LogP contribution >= 0.6 is 11.3 Å². The molecule has 0 saturated heterocycles. The number of carbonyl (C=O) groups is 3. The van der Waals surface area contributed by atoms with E-state index in [0.29, 0.717) is 29.5 Å². The molecule has 26 heavy (non-hydrogen) atoms. The largest absolute Gasteiger partial charge is 0.355 e. The van der Waals surface area contributed by atoms with Gasteiger partial charge < -0.3 is 10.2 Å². The molecule has 1 heterocycles. The maximum atomic E-state index is 12.4. The van der Waals surface area contributed by atoms with Crippen LogP contribution in [0.2, 0.25) is 0 Å². The van der Waals surface area contributed by atoms with E-state index in [0.717, 1.165) is 0 Å². The van der Waals surface area contributed by atoms with Crippen molar-refractivity contribution in [2.75, 3.05) is 25.0 Å². The van der Waals surface area contributed by atoms with Crippen molar-refractivity contribution in [3.05, 3.63) is 47.0 Å². The summed E-state index contributed by atoms with van der Waals surface area (Å²) < 4.78 is 0. The average molecular weight is 374 g/mol. The number of amides is 3. The molecule has 0 unspecified atom stereocenters. The molecule has 3 amide bonds. The van der Waals surface area contributed by atoms with Crippen LogP contribution in [0.4, 0.5) is 5.13 Å². The number of benzene rings is 1. The quantitative estimate of drug-likeness (QED) is 0.738. The zero-order chi connectivity index (χ0) is 18.9. The van der Waals surface area contributed by atoms with E-state index >= 15 is 0 Å². The highest BCUT2D eigenvalue weighted by Gasteiger charge is 2.17. The van der Waals surface area contributed by atoms with Gasteiger partial charge in [0.05, 0.1) is 18.7 Å². The monoisotopic (exact) mass is 374 g/mol. The first-order valence-corrected chi connectivity index (χ1v) is 9.26. The van der Waals surface area contributed by atoms with Crippen molar-refractivity contribution in [1.82, 2.24) is 15.2 Å². The van der Waals surface area contributed by atoms with Gasteiger partial charge in [-0.1, -0.05) is 18.2 Å². The molecule has 1 aromatic heterocycles. The van der Waals surface area contributed by atoms with Crippen molar-refractivity contribution >= 4 is 34.2 Å². The first-order chi connectivity index (χ1) is 12.5. The van der Waals surface area contributed by atoms with E-state index in [9.17, 15) is 14.4 Å². The van der Waals surface area contributed by atoms with Crippen LogP contribution in [0.5, 0.6) is 0 Å². The lowest BCUT2D eigenvalue weighted by Gasteiger charge is -2.19. The van der Waals surface area contributed by atoms with Gasteiger partial charge in [0.15, 0.2) is 5.13 Å². The van der Waals surface area contributed by atoms with Crippen molar-refractivity contribution in [2.24, 2.45) is 0 Å². The van der Waals surface area contributed by atoms with Crippen LogP contribution in [0.15, 0.2) is 35.7 Å². The average Bonchev–Trinajstić information content (AvgIpc) is 3.07. The third-order valence-corrected chi connectivity index (χ3v) is 4.39. The Morgan fingerprint density at radius 3 is 2.54 bits per heavy atom. The molecule has 0 saturated carbocycles. The first-order valence-electron chi connectivity index (χ1n) is 8.38. The smallest absolute Gasteiger partial charge is 0.257 e. The molecule has 0 spiro atoms. The number of nitrogens with zero attached hydrogens (tertiary/aromatic N) is 2. The third-order valence-electron chi connectivity index (χ3n) is 3.58. The van der Waals surface area contributed by atoms with Crippen LogP contribution < -0.4 is 10.6 Å². The van der Waals surface area contributed by atoms with Gasteiger partial charge in [0, 0.05) is 24.0 Å². The molecule has 0 atom stereocenters. The number of rotatable bonds is 8. The van der Waals surface area contributed by atoms with Crippen molar-refractivity contribution in [2.45, 2.75) is 20.3 Å².